The molecule has 0 aliphatic carbocycles. The van der Waals surface area contributed by atoms with Crippen molar-refractivity contribution in [2.45, 2.75) is 12.8 Å². The number of aliphatic hydroxyl groups excluding tert-OH is 2. The number of nitrogens with zero attached hydrogens (tertiary/aromatic N) is 2. The van der Waals surface area contributed by atoms with E-state index < -0.39 is 10.8 Å². The molecule has 2 N–H and O–H groups in total. The van der Waals surface area contributed by atoms with Crippen LogP contribution in [-0.2, 0) is 20.4 Å². The summed E-state index contributed by atoms with van der Waals surface area (Å²) in [6.07, 6.45) is 3.76. The third-order valence-corrected chi connectivity index (χ3v) is 4.47. The number of carbonyl (C=O) groups excluding carboxylic acids is 2. The fraction of sp³-hybridized carbons (Fsp3) is 0.833. The van der Waals surface area contributed by atoms with E-state index in [0.717, 1.165) is 0 Å². The molecule has 0 aromatic heterocycles. The van der Waals surface area contributed by atoms with E-state index in [1.165, 1.54) is 12.2 Å². The first-order chi connectivity index (χ1) is 9.67. The van der Waals surface area contributed by atoms with Gasteiger partial charge in [0.15, 0.2) is 0 Å². The van der Waals surface area contributed by atoms with E-state index in [4.69, 9.17) is 10.2 Å². The van der Waals surface area contributed by atoms with Crippen LogP contribution in [0.1, 0.15) is 12.8 Å². The second-order valence-electron chi connectivity index (χ2n) is 4.39. The maximum atomic E-state index is 11.9. The van der Waals surface area contributed by atoms with Crippen molar-refractivity contribution in [3.05, 3.63) is 0 Å². The van der Waals surface area contributed by atoms with E-state index in [1.807, 2.05) is 0 Å². The van der Waals surface area contributed by atoms with Gasteiger partial charge in [0.05, 0.1) is 13.1 Å². The second-order valence-corrected chi connectivity index (χ2v) is 5.94. The maximum Gasteiger partial charge on any atom is 0.234 e. The van der Waals surface area contributed by atoms with Gasteiger partial charge in [0, 0.05) is 35.5 Å². The summed E-state index contributed by atoms with van der Waals surface area (Å²) in [7, 11) is -1.19. The molecule has 0 aromatic rings. The molecule has 0 rings (SSSR count). The zero-order chi connectivity index (χ0) is 15.2. The van der Waals surface area contributed by atoms with Crippen LogP contribution >= 0.6 is 0 Å². The Balaban J connectivity index is 4.14. The van der Waals surface area contributed by atoms with E-state index in [-0.39, 0.29) is 38.1 Å². The van der Waals surface area contributed by atoms with E-state index in [0.29, 0.717) is 24.3 Å². The van der Waals surface area contributed by atoms with E-state index in [1.54, 1.807) is 0 Å². The Bertz CT molecular complexity index is 344. The molecule has 0 fully saturated rings. The molecular weight excluding hydrogens is 284 g/mol. The molecule has 0 unspecified atom stereocenters. The van der Waals surface area contributed by atoms with Gasteiger partial charge in [-0.3, -0.25) is 4.21 Å². The van der Waals surface area contributed by atoms with Crippen LogP contribution in [0.2, 0.25) is 0 Å². The van der Waals surface area contributed by atoms with Crippen molar-refractivity contribution in [1.29, 1.82) is 0 Å². The Morgan fingerprint density at radius 2 is 1.30 bits per heavy atom. The first-order valence-corrected chi connectivity index (χ1v) is 7.80. The summed E-state index contributed by atoms with van der Waals surface area (Å²) in [5.74, 6) is 0.192. The topological polar surface area (TPSA) is 116 Å². The van der Waals surface area contributed by atoms with Gasteiger partial charge in [-0.1, -0.05) is 0 Å². The summed E-state index contributed by atoms with van der Waals surface area (Å²) < 4.78 is 11.9. The molecule has 0 aliphatic rings. The summed E-state index contributed by atoms with van der Waals surface area (Å²) in [5.41, 5.74) is 0. The Hall–Kier alpha value is -1.17. The van der Waals surface area contributed by atoms with Crippen molar-refractivity contribution >= 4 is 23.0 Å². The average Bonchev–Trinajstić information content (AvgIpc) is 2.45. The molecular formula is C12H20N2O5S. The standard InChI is InChI=1S/C12H20N2O5S/c15-5-11(1-3-13-9-17)7-20(19)8-12(6-16)2-4-14-10-18/h11-12,15-16H,1-8H2/t11-,12-/m1/s1. The Morgan fingerprint density at radius 1 is 0.900 bits per heavy atom. The van der Waals surface area contributed by atoms with Crippen LogP contribution in [0.15, 0.2) is 9.98 Å². The minimum absolute atomic E-state index is 0.126. The van der Waals surface area contributed by atoms with Crippen LogP contribution in [0.25, 0.3) is 0 Å². The van der Waals surface area contributed by atoms with Gasteiger partial charge in [-0.15, -0.1) is 0 Å². The fourth-order valence-electron chi connectivity index (χ4n) is 1.63. The molecule has 0 spiro atoms. The van der Waals surface area contributed by atoms with Crippen LogP contribution in [0.5, 0.6) is 0 Å². The molecule has 20 heavy (non-hydrogen) atoms. The number of aliphatic imine (C=N–C) groups is 2. The number of aliphatic hydroxyl groups is 2. The second kappa shape index (κ2) is 12.8. The summed E-state index contributed by atoms with van der Waals surface area (Å²) in [5, 5.41) is 18.3. The van der Waals surface area contributed by atoms with Crippen LogP contribution in [0, 0.1) is 11.8 Å². The third kappa shape index (κ3) is 9.72. The Kier molecular flexibility index (Phi) is 12.1. The smallest absolute Gasteiger partial charge is 0.234 e. The highest BCUT2D eigenvalue weighted by atomic mass is 32.2. The van der Waals surface area contributed by atoms with E-state index >= 15 is 0 Å². The highest BCUT2D eigenvalue weighted by molar-refractivity contribution is 7.85. The Labute approximate surface area is 120 Å². The predicted molar refractivity (Wildman–Crippen MR) is 74.2 cm³/mol. The molecule has 0 aliphatic heterocycles. The molecule has 114 valence electrons. The molecule has 0 radical (unpaired) electrons. The van der Waals surface area contributed by atoms with Crippen molar-refractivity contribution in [1.82, 2.24) is 0 Å². The van der Waals surface area contributed by atoms with Gasteiger partial charge in [-0.2, -0.15) is 0 Å². The average molecular weight is 304 g/mol. The zero-order valence-electron chi connectivity index (χ0n) is 11.2. The number of hydrogen-bond acceptors (Lipinski definition) is 7. The number of hydrogen-bond donors (Lipinski definition) is 2. The fourth-order valence-corrected chi connectivity index (χ4v) is 3.37. The molecule has 0 heterocycles. The lowest BCUT2D eigenvalue weighted by Gasteiger charge is -2.15. The minimum Gasteiger partial charge on any atom is -0.396 e. The lowest BCUT2D eigenvalue weighted by Crippen LogP contribution is -2.23. The minimum atomic E-state index is -1.19. The first kappa shape index (κ1) is 18.8. The van der Waals surface area contributed by atoms with Crippen LogP contribution < -0.4 is 0 Å². The highest BCUT2D eigenvalue weighted by Gasteiger charge is 2.16. The normalized spacial score (nSPS) is 14.7. The van der Waals surface area contributed by atoms with Crippen LogP contribution in [0.4, 0.5) is 0 Å². The third-order valence-electron chi connectivity index (χ3n) is 2.79. The molecule has 0 saturated heterocycles. The van der Waals surface area contributed by atoms with Gasteiger partial charge < -0.3 is 10.2 Å². The lowest BCUT2D eigenvalue weighted by molar-refractivity contribution is 0.230. The summed E-state index contributed by atoms with van der Waals surface area (Å²) in [6, 6.07) is 0. The molecule has 7 nitrogen and oxygen atoms in total. The van der Waals surface area contributed by atoms with Crippen molar-refractivity contribution < 1.29 is 24.0 Å². The van der Waals surface area contributed by atoms with Gasteiger partial charge in [0.1, 0.15) is 0 Å². The van der Waals surface area contributed by atoms with Crippen molar-refractivity contribution in [3.8, 4) is 0 Å². The zero-order valence-corrected chi connectivity index (χ0v) is 12.0. The largest absolute Gasteiger partial charge is 0.396 e. The molecule has 0 amide bonds. The highest BCUT2D eigenvalue weighted by Crippen LogP contribution is 2.10. The summed E-state index contributed by atoms with van der Waals surface area (Å²) >= 11 is 0. The molecule has 8 heteroatoms. The van der Waals surface area contributed by atoms with Crippen molar-refractivity contribution in [2.75, 3.05) is 37.8 Å². The quantitative estimate of drug-likeness (QED) is 0.369. The van der Waals surface area contributed by atoms with Gasteiger partial charge in [0.2, 0.25) is 12.2 Å². The van der Waals surface area contributed by atoms with Gasteiger partial charge in [0.25, 0.3) is 0 Å². The van der Waals surface area contributed by atoms with Gasteiger partial charge >= 0.3 is 0 Å². The SMILES string of the molecule is O=C=NCC[C@H](CO)CS(=O)C[C@@H](CO)CCN=C=O. The molecule has 2 atom stereocenters. The van der Waals surface area contributed by atoms with Crippen LogP contribution in [-0.4, -0.2) is 64.4 Å². The van der Waals surface area contributed by atoms with E-state index in [9.17, 15) is 13.8 Å². The van der Waals surface area contributed by atoms with Crippen LogP contribution in [0.3, 0.4) is 0 Å². The number of isocyanates is 2. The lowest BCUT2D eigenvalue weighted by atomic mass is 10.1. The number of rotatable bonds is 12. The van der Waals surface area contributed by atoms with Gasteiger partial charge in [-0.05, 0) is 24.7 Å². The van der Waals surface area contributed by atoms with Crippen molar-refractivity contribution in [2.24, 2.45) is 21.8 Å². The molecule has 0 bridgehead atoms. The summed E-state index contributed by atoms with van der Waals surface area (Å²) in [6.45, 7) is 0.255. The summed E-state index contributed by atoms with van der Waals surface area (Å²) in [4.78, 5) is 26.6. The monoisotopic (exact) mass is 304 g/mol. The van der Waals surface area contributed by atoms with Crippen molar-refractivity contribution in [3.63, 3.8) is 0 Å². The first-order valence-electron chi connectivity index (χ1n) is 6.31. The predicted octanol–water partition coefficient (Wildman–Crippen LogP) is -0.596. The maximum absolute atomic E-state index is 11.9. The molecule has 0 saturated carbocycles. The Morgan fingerprint density at radius 3 is 1.60 bits per heavy atom. The van der Waals surface area contributed by atoms with Gasteiger partial charge in [-0.25, -0.2) is 19.6 Å². The van der Waals surface area contributed by atoms with E-state index in [2.05, 4.69) is 9.98 Å². The molecule has 0 aromatic carbocycles.